The molecule has 0 bridgehead atoms. The molecule has 3 heterocycles. The van der Waals surface area contributed by atoms with Gasteiger partial charge in [-0.25, -0.2) is 0 Å². The van der Waals surface area contributed by atoms with Crippen molar-refractivity contribution in [3.8, 4) is 6.07 Å². The summed E-state index contributed by atoms with van der Waals surface area (Å²) < 4.78 is 0. The number of piperazine rings is 1. The standard InChI is InChI=1S/C14H19N5/c1-10-11(2)16-17-14(13(10)8-15)19-7-6-18-5-3-4-12(18)9-19/h12H,3-7,9H2,1-2H3. The summed E-state index contributed by atoms with van der Waals surface area (Å²) in [6.45, 7) is 8.08. The van der Waals surface area contributed by atoms with Crippen molar-refractivity contribution >= 4 is 5.82 Å². The van der Waals surface area contributed by atoms with Crippen molar-refractivity contribution in [1.82, 2.24) is 15.1 Å². The monoisotopic (exact) mass is 257 g/mol. The van der Waals surface area contributed by atoms with E-state index in [2.05, 4.69) is 26.1 Å². The van der Waals surface area contributed by atoms with Crippen molar-refractivity contribution in [2.75, 3.05) is 31.1 Å². The summed E-state index contributed by atoms with van der Waals surface area (Å²) >= 11 is 0. The van der Waals surface area contributed by atoms with E-state index in [-0.39, 0.29) is 0 Å². The quantitative estimate of drug-likeness (QED) is 0.758. The predicted octanol–water partition coefficient (Wildman–Crippen LogP) is 1.25. The molecule has 2 aliphatic rings. The molecule has 2 saturated heterocycles. The minimum absolute atomic E-state index is 0.628. The van der Waals surface area contributed by atoms with Gasteiger partial charge in [-0.1, -0.05) is 0 Å². The number of nitriles is 1. The summed E-state index contributed by atoms with van der Waals surface area (Å²) in [5.41, 5.74) is 2.50. The number of aromatic nitrogens is 2. The number of aryl methyl sites for hydroxylation is 1. The van der Waals surface area contributed by atoms with E-state index in [4.69, 9.17) is 0 Å². The summed E-state index contributed by atoms with van der Waals surface area (Å²) in [5.74, 6) is 0.775. The molecular weight excluding hydrogens is 238 g/mol. The summed E-state index contributed by atoms with van der Waals surface area (Å²) in [6.07, 6.45) is 2.55. The first-order valence-electron chi connectivity index (χ1n) is 6.93. The highest BCUT2D eigenvalue weighted by molar-refractivity contribution is 5.57. The molecule has 1 unspecified atom stereocenters. The van der Waals surface area contributed by atoms with Crippen molar-refractivity contribution in [2.45, 2.75) is 32.7 Å². The van der Waals surface area contributed by atoms with Crippen molar-refractivity contribution in [3.05, 3.63) is 16.8 Å². The van der Waals surface area contributed by atoms with Gasteiger partial charge in [0.2, 0.25) is 0 Å². The second-order valence-corrected chi connectivity index (χ2v) is 5.50. The fourth-order valence-corrected chi connectivity index (χ4v) is 3.13. The number of rotatable bonds is 1. The van der Waals surface area contributed by atoms with E-state index in [1.165, 1.54) is 19.4 Å². The van der Waals surface area contributed by atoms with E-state index in [0.717, 1.165) is 36.7 Å². The molecule has 19 heavy (non-hydrogen) atoms. The molecule has 1 aromatic heterocycles. The highest BCUT2D eigenvalue weighted by atomic mass is 15.3. The minimum atomic E-state index is 0.628. The van der Waals surface area contributed by atoms with E-state index in [1.54, 1.807) is 0 Å². The molecule has 0 saturated carbocycles. The van der Waals surface area contributed by atoms with E-state index in [9.17, 15) is 5.26 Å². The van der Waals surface area contributed by atoms with Crippen LogP contribution in [0.1, 0.15) is 29.7 Å². The van der Waals surface area contributed by atoms with Gasteiger partial charge in [-0.2, -0.15) is 10.4 Å². The lowest BCUT2D eigenvalue weighted by Crippen LogP contribution is -2.50. The number of hydrogen-bond donors (Lipinski definition) is 0. The van der Waals surface area contributed by atoms with Gasteiger partial charge in [0.05, 0.1) is 5.69 Å². The summed E-state index contributed by atoms with van der Waals surface area (Å²) in [6, 6.07) is 2.93. The molecule has 0 N–H and O–H groups in total. The van der Waals surface area contributed by atoms with Crippen molar-refractivity contribution in [1.29, 1.82) is 5.26 Å². The highest BCUT2D eigenvalue weighted by Crippen LogP contribution is 2.27. The first-order chi connectivity index (χ1) is 9.20. The van der Waals surface area contributed by atoms with Gasteiger partial charge in [0.1, 0.15) is 11.6 Å². The second-order valence-electron chi connectivity index (χ2n) is 5.50. The summed E-state index contributed by atoms with van der Waals surface area (Å²) in [4.78, 5) is 4.79. The molecular formula is C14H19N5. The van der Waals surface area contributed by atoms with Crippen LogP contribution in [0.3, 0.4) is 0 Å². The van der Waals surface area contributed by atoms with Gasteiger partial charge < -0.3 is 4.90 Å². The van der Waals surface area contributed by atoms with E-state index < -0.39 is 0 Å². The molecule has 0 amide bonds. The lowest BCUT2D eigenvalue weighted by Gasteiger charge is -2.38. The molecule has 5 nitrogen and oxygen atoms in total. The normalized spacial score (nSPS) is 23.2. The predicted molar refractivity (Wildman–Crippen MR) is 73.0 cm³/mol. The molecule has 100 valence electrons. The molecule has 0 radical (unpaired) electrons. The van der Waals surface area contributed by atoms with Crippen LogP contribution in [0.15, 0.2) is 0 Å². The molecule has 1 aromatic rings. The smallest absolute Gasteiger partial charge is 0.169 e. The zero-order chi connectivity index (χ0) is 13.4. The maximum atomic E-state index is 9.39. The average molecular weight is 257 g/mol. The summed E-state index contributed by atoms with van der Waals surface area (Å²) in [5, 5.41) is 17.9. The third-order valence-electron chi connectivity index (χ3n) is 4.43. The van der Waals surface area contributed by atoms with E-state index >= 15 is 0 Å². The Morgan fingerprint density at radius 1 is 1.21 bits per heavy atom. The first-order valence-corrected chi connectivity index (χ1v) is 6.93. The topological polar surface area (TPSA) is 56.1 Å². The third kappa shape index (κ3) is 2.06. The Hall–Kier alpha value is -1.67. The fourth-order valence-electron chi connectivity index (χ4n) is 3.13. The molecule has 0 aromatic carbocycles. The van der Waals surface area contributed by atoms with Crippen LogP contribution in [0.5, 0.6) is 0 Å². The Balaban J connectivity index is 1.91. The summed E-state index contributed by atoms with van der Waals surface area (Å²) in [7, 11) is 0. The highest BCUT2D eigenvalue weighted by Gasteiger charge is 2.32. The van der Waals surface area contributed by atoms with Crippen molar-refractivity contribution < 1.29 is 0 Å². The molecule has 3 rings (SSSR count). The zero-order valence-corrected chi connectivity index (χ0v) is 11.6. The van der Waals surface area contributed by atoms with Crippen LogP contribution in [-0.4, -0.2) is 47.3 Å². The Bertz CT molecular complexity index is 533. The van der Waals surface area contributed by atoms with Gasteiger partial charge in [-0.3, -0.25) is 4.90 Å². The van der Waals surface area contributed by atoms with Gasteiger partial charge in [-0.15, -0.1) is 5.10 Å². The SMILES string of the molecule is Cc1nnc(N2CCN3CCCC3C2)c(C#N)c1C. The Morgan fingerprint density at radius 2 is 2.05 bits per heavy atom. The zero-order valence-electron chi connectivity index (χ0n) is 11.6. The lowest BCUT2D eigenvalue weighted by molar-refractivity contribution is 0.230. The van der Waals surface area contributed by atoms with Gasteiger partial charge in [-0.05, 0) is 38.8 Å². The lowest BCUT2D eigenvalue weighted by atomic mass is 10.1. The van der Waals surface area contributed by atoms with E-state index in [1.807, 2.05) is 13.8 Å². The van der Waals surface area contributed by atoms with Crippen LogP contribution in [0.25, 0.3) is 0 Å². The number of nitrogens with zero attached hydrogens (tertiary/aromatic N) is 5. The van der Waals surface area contributed by atoms with Crippen LogP contribution in [0.2, 0.25) is 0 Å². The maximum Gasteiger partial charge on any atom is 0.169 e. The Kier molecular flexibility index (Phi) is 3.11. The maximum absolute atomic E-state index is 9.39. The molecule has 2 aliphatic heterocycles. The Morgan fingerprint density at radius 3 is 2.84 bits per heavy atom. The van der Waals surface area contributed by atoms with Crippen LogP contribution in [-0.2, 0) is 0 Å². The Labute approximate surface area is 113 Å². The van der Waals surface area contributed by atoms with Crippen LogP contribution in [0.4, 0.5) is 5.82 Å². The molecule has 0 aliphatic carbocycles. The second kappa shape index (κ2) is 4.78. The number of fused-ring (bicyclic) bond motifs is 1. The minimum Gasteiger partial charge on any atom is -0.351 e. The van der Waals surface area contributed by atoms with Crippen molar-refractivity contribution in [2.24, 2.45) is 0 Å². The largest absolute Gasteiger partial charge is 0.351 e. The van der Waals surface area contributed by atoms with Crippen LogP contribution >= 0.6 is 0 Å². The van der Waals surface area contributed by atoms with Crippen LogP contribution in [0, 0.1) is 25.2 Å². The fraction of sp³-hybridized carbons (Fsp3) is 0.643. The molecule has 1 atom stereocenters. The molecule has 5 heteroatoms. The van der Waals surface area contributed by atoms with Crippen molar-refractivity contribution in [3.63, 3.8) is 0 Å². The molecule has 2 fully saturated rings. The van der Waals surface area contributed by atoms with Gasteiger partial charge in [0.15, 0.2) is 5.82 Å². The number of anilines is 1. The number of hydrogen-bond acceptors (Lipinski definition) is 5. The average Bonchev–Trinajstić information content (AvgIpc) is 2.89. The third-order valence-corrected chi connectivity index (χ3v) is 4.43. The van der Waals surface area contributed by atoms with Gasteiger partial charge in [0, 0.05) is 25.7 Å². The van der Waals surface area contributed by atoms with Gasteiger partial charge >= 0.3 is 0 Å². The van der Waals surface area contributed by atoms with Gasteiger partial charge in [0.25, 0.3) is 0 Å². The first kappa shape index (κ1) is 12.4. The van der Waals surface area contributed by atoms with E-state index in [0.29, 0.717) is 11.6 Å². The van der Waals surface area contributed by atoms with Crippen LogP contribution < -0.4 is 4.90 Å². The molecule has 0 spiro atoms.